The van der Waals surface area contributed by atoms with Gasteiger partial charge in [-0.15, -0.1) is 0 Å². The van der Waals surface area contributed by atoms with Crippen LogP contribution in [0.3, 0.4) is 0 Å². The van der Waals surface area contributed by atoms with Gasteiger partial charge in [0.25, 0.3) is 0 Å². The summed E-state index contributed by atoms with van der Waals surface area (Å²) in [6.07, 6.45) is 2.40. The molecule has 1 aliphatic rings. The molecule has 1 aromatic heterocycles. The molecular formula is C12H19N3O3. The van der Waals surface area contributed by atoms with E-state index in [1.54, 1.807) is 0 Å². The molecule has 2 rings (SSSR count). The van der Waals surface area contributed by atoms with Gasteiger partial charge in [0.1, 0.15) is 5.60 Å². The third kappa shape index (κ3) is 4.01. The van der Waals surface area contributed by atoms with Crippen molar-refractivity contribution in [2.45, 2.75) is 51.6 Å². The summed E-state index contributed by atoms with van der Waals surface area (Å²) in [5.41, 5.74) is -0.478. The van der Waals surface area contributed by atoms with Crippen LogP contribution in [0.2, 0.25) is 0 Å². The summed E-state index contributed by atoms with van der Waals surface area (Å²) in [6.45, 7) is 5.91. The number of hydrogen-bond donors (Lipinski definition) is 1. The highest BCUT2D eigenvalue weighted by atomic mass is 16.6. The number of nitrogens with one attached hydrogen (secondary N) is 1. The molecule has 6 nitrogen and oxygen atoms in total. The van der Waals surface area contributed by atoms with E-state index in [4.69, 9.17) is 9.26 Å². The fraction of sp³-hybridized carbons (Fsp3) is 0.750. The van der Waals surface area contributed by atoms with Crippen LogP contribution < -0.4 is 5.32 Å². The number of carbonyl (C=O) groups is 1. The minimum atomic E-state index is -0.478. The lowest BCUT2D eigenvalue weighted by atomic mass is 10.2. The van der Waals surface area contributed by atoms with Gasteiger partial charge in [-0.3, -0.25) is 0 Å². The summed E-state index contributed by atoms with van der Waals surface area (Å²) >= 11 is 0. The lowest BCUT2D eigenvalue weighted by Gasteiger charge is -2.19. The fourth-order valence-corrected chi connectivity index (χ4v) is 1.46. The molecule has 1 aromatic rings. The highest BCUT2D eigenvalue weighted by molar-refractivity contribution is 5.67. The van der Waals surface area contributed by atoms with E-state index in [1.807, 2.05) is 20.8 Å². The van der Waals surface area contributed by atoms with Crippen molar-refractivity contribution in [2.75, 3.05) is 6.54 Å². The molecule has 1 saturated carbocycles. The second-order valence-corrected chi connectivity index (χ2v) is 5.50. The molecule has 6 heteroatoms. The first-order chi connectivity index (χ1) is 8.44. The summed E-state index contributed by atoms with van der Waals surface area (Å²) in [5.74, 6) is 1.84. The van der Waals surface area contributed by atoms with Gasteiger partial charge in [-0.05, 0) is 33.6 Å². The highest BCUT2D eigenvalue weighted by Crippen LogP contribution is 2.38. The predicted molar refractivity (Wildman–Crippen MR) is 64.2 cm³/mol. The van der Waals surface area contributed by atoms with E-state index in [2.05, 4.69) is 15.5 Å². The zero-order valence-electron chi connectivity index (χ0n) is 11.0. The lowest BCUT2D eigenvalue weighted by Crippen LogP contribution is -2.33. The Kier molecular flexibility index (Phi) is 3.54. The summed E-state index contributed by atoms with van der Waals surface area (Å²) in [5, 5.41) is 6.56. The van der Waals surface area contributed by atoms with Gasteiger partial charge >= 0.3 is 6.09 Å². The third-order valence-corrected chi connectivity index (χ3v) is 2.43. The van der Waals surface area contributed by atoms with E-state index in [-0.39, 0.29) is 0 Å². The van der Waals surface area contributed by atoms with Crippen LogP contribution in [-0.4, -0.2) is 28.4 Å². The molecule has 100 valence electrons. The third-order valence-electron chi connectivity index (χ3n) is 2.43. The van der Waals surface area contributed by atoms with Crippen LogP contribution in [0, 0.1) is 0 Å². The topological polar surface area (TPSA) is 77.2 Å². The minimum Gasteiger partial charge on any atom is -0.444 e. The van der Waals surface area contributed by atoms with Crippen molar-refractivity contribution >= 4 is 6.09 Å². The first-order valence-electron chi connectivity index (χ1n) is 6.23. The molecule has 0 atom stereocenters. The molecule has 18 heavy (non-hydrogen) atoms. The van der Waals surface area contributed by atoms with Crippen molar-refractivity contribution in [3.63, 3.8) is 0 Å². The van der Waals surface area contributed by atoms with Crippen molar-refractivity contribution in [1.82, 2.24) is 15.5 Å². The van der Waals surface area contributed by atoms with E-state index in [9.17, 15) is 4.79 Å². The molecule has 0 aliphatic heterocycles. The van der Waals surface area contributed by atoms with Crippen molar-refractivity contribution in [3.8, 4) is 0 Å². The van der Waals surface area contributed by atoms with Crippen molar-refractivity contribution in [2.24, 2.45) is 0 Å². The normalized spacial score (nSPS) is 15.5. The Hall–Kier alpha value is -1.59. The molecule has 0 unspecified atom stereocenters. The smallest absolute Gasteiger partial charge is 0.407 e. The molecule has 1 fully saturated rings. The zero-order valence-corrected chi connectivity index (χ0v) is 11.0. The monoisotopic (exact) mass is 253 g/mol. The Morgan fingerprint density at radius 3 is 2.83 bits per heavy atom. The Bertz CT molecular complexity index is 418. The molecule has 0 spiro atoms. The van der Waals surface area contributed by atoms with E-state index in [0.29, 0.717) is 24.8 Å². The number of aromatic nitrogens is 2. The molecule has 0 bridgehead atoms. The maximum atomic E-state index is 11.4. The largest absolute Gasteiger partial charge is 0.444 e. The first kappa shape index (κ1) is 12.9. The molecule has 1 amide bonds. The Balaban J connectivity index is 1.69. The van der Waals surface area contributed by atoms with Gasteiger partial charge in [0.15, 0.2) is 5.82 Å². The summed E-state index contributed by atoms with van der Waals surface area (Å²) < 4.78 is 10.2. The van der Waals surface area contributed by atoms with Crippen molar-refractivity contribution in [3.05, 3.63) is 11.7 Å². The van der Waals surface area contributed by atoms with Gasteiger partial charge in [0.05, 0.1) is 0 Å². The quantitative estimate of drug-likeness (QED) is 0.888. The average molecular weight is 253 g/mol. The molecule has 1 heterocycles. The summed E-state index contributed by atoms with van der Waals surface area (Å²) in [4.78, 5) is 15.6. The highest BCUT2D eigenvalue weighted by Gasteiger charge is 2.28. The van der Waals surface area contributed by atoms with Gasteiger partial charge in [-0.1, -0.05) is 5.16 Å². The van der Waals surface area contributed by atoms with Gasteiger partial charge in [0.2, 0.25) is 5.89 Å². The Labute approximate surface area is 106 Å². The van der Waals surface area contributed by atoms with Crippen LogP contribution in [0.1, 0.15) is 51.2 Å². The van der Waals surface area contributed by atoms with Crippen molar-refractivity contribution < 1.29 is 14.1 Å². The summed E-state index contributed by atoms with van der Waals surface area (Å²) in [7, 11) is 0. The van der Waals surface area contributed by atoms with Crippen LogP contribution >= 0.6 is 0 Å². The second kappa shape index (κ2) is 4.96. The van der Waals surface area contributed by atoms with Crippen LogP contribution in [-0.2, 0) is 11.2 Å². The van der Waals surface area contributed by atoms with E-state index >= 15 is 0 Å². The fourth-order valence-electron chi connectivity index (χ4n) is 1.46. The van der Waals surface area contributed by atoms with E-state index in [0.717, 1.165) is 18.7 Å². The van der Waals surface area contributed by atoms with Crippen LogP contribution in [0.5, 0.6) is 0 Å². The van der Waals surface area contributed by atoms with Crippen LogP contribution in [0.15, 0.2) is 4.52 Å². The SMILES string of the molecule is CC(C)(C)OC(=O)NCCc1nc(C2CC2)no1. The standard InChI is InChI=1S/C12H19N3O3/c1-12(2,3)17-11(16)13-7-6-9-14-10(15-18-9)8-4-5-8/h8H,4-7H2,1-3H3,(H,13,16). The zero-order chi connectivity index (χ0) is 13.2. The molecule has 1 N–H and O–H groups in total. The minimum absolute atomic E-state index is 0.426. The Morgan fingerprint density at radius 2 is 2.22 bits per heavy atom. The summed E-state index contributed by atoms with van der Waals surface area (Å²) in [6, 6.07) is 0. The van der Waals surface area contributed by atoms with Crippen molar-refractivity contribution in [1.29, 1.82) is 0 Å². The number of ether oxygens (including phenoxy) is 1. The van der Waals surface area contributed by atoms with Crippen LogP contribution in [0.25, 0.3) is 0 Å². The average Bonchev–Trinajstić information content (AvgIpc) is 2.97. The van der Waals surface area contributed by atoms with Crippen LogP contribution in [0.4, 0.5) is 4.79 Å². The number of carbonyl (C=O) groups excluding carboxylic acids is 1. The lowest BCUT2D eigenvalue weighted by molar-refractivity contribution is 0.0527. The molecule has 0 radical (unpaired) electrons. The van der Waals surface area contributed by atoms with Gasteiger partial charge in [-0.25, -0.2) is 4.79 Å². The number of hydrogen-bond acceptors (Lipinski definition) is 5. The van der Waals surface area contributed by atoms with Gasteiger partial charge in [-0.2, -0.15) is 4.98 Å². The number of amides is 1. The molecular weight excluding hydrogens is 234 g/mol. The maximum Gasteiger partial charge on any atom is 0.407 e. The van der Waals surface area contributed by atoms with Gasteiger partial charge < -0.3 is 14.6 Å². The molecule has 0 aromatic carbocycles. The number of rotatable bonds is 4. The van der Waals surface area contributed by atoms with E-state index in [1.165, 1.54) is 0 Å². The molecule has 0 saturated heterocycles. The first-order valence-corrected chi connectivity index (χ1v) is 6.23. The predicted octanol–water partition coefficient (Wildman–Crippen LogP) is 2.01. The number of nitrogens with zero attached hydrogens (tertiary/aromatic N) is 2. The molecule has 1 aliphatic carbocycles. The number of alkyl carbamates (subject to hydrolysis) is 1. The Morgan fingerprint density at radius 1 is 1.50 bits per heavy atom. The maximum absolute atomic E-state index is 11.4. The van der Waals surface area contributed by atoms with E-state index < -0.39 is 11.7 Å². The second-order valence-electron chi connectivity index (χ2n) is 5.50. The van der Waals surface area contributed by atoms with Gasteiger partial charge in [0, 0.05) is 18.9 Å².